The first-order valence-corrected chi connectivity index (χ1v) is 7.94. The van der Waals surface area contributed by atoms with Gasteiger partial charge in [-0.3, -0.25) is 9.69 Å². The van der Waals surface area contributed by atoms with Gasteiger partial charge in [0.05, 0.1) is 6.04 Å². The summed E-state index contributed by atoms with van der Waals surface area (Å²) >= 11 is 0. The number of amides is 1. The fourth-order valence-corrected chi connectivity index (χ4v) is 2.33. The number of hydrogen-bond acceptors (Lipinski definition) is 3. The summed E-state index contributed by atoms with van der Waals surface area (Å²) < 4.78 is 0. The Morgan fingerprint density at radius 1 is 1.19 bits per heavy atom. The van der Waals surface area contributed by atoms with E-state index in [9.17, 15) is 4.79 Å². The van der Waals surface area contributed by atoms with E-state index in [2.05, 4.69) is 36.2 Å². The van der Waals surface area contributed by atoms with Crippen LogP contribution < -0.4 is 11.1 Å². The molecule has 0 bridgehead atoms. The van der Waals surface area contributed by atoms with Crippen LogP contribution in [0.1, 0.15) is 44.7 Å². The van der Waals surface area contributed by atoms with Crippen molar-refractivity contribution in [2.75, 3.05) is 13.1 Å². The van der Waals surface area contributed by atoms with Crippen LogP contribution in [0.4, 0.5) is 0 Å². The van der Waals surface area contributed by atoms with Crippen LogP contribution in [0.3, 0.4) is 0 Å². The van der Waals surface area contributed by atoms with Crippen molar-refractivity contribution in [1.29, 1.82) is 0 Å². The molecule has 21 heavy (non-hydrogen) atoms. The Balaban J connectivity index is 2.64. The molecule has 1 rings (SSSR count). The van der Waals surface area contributed by atoms with Crippen LogP contribution in [-0.4, -0.2) is 29.9 Å². The molecule has 0 saturated heterocycles. The Bertz CT molecular complexity index is 430. The number of nitrogens with one attached hydrogen (secondary N) is 1. The molecule has 1 aromatic carbocycles. The summed E-state index contributed by atoms with van der Waals surface area (Å²) in [5.41, 5.74) is 8.27. The predicted octanol–water partition coefficient (Wildman–Crippen LogP) is 2.27. The summed E-state index contributed by atoms with van der Waals surface area (Å²) in [6.45, 7) is 9.88. The summed E-state index contributed by atoms with van der Waals surface area (Å²) in [6.07, 6.45) is 1.65. The summed E-state index contributed by atoms with van der Waals surface area (Å²) in [5, 5.41) is 2.95. The van der Waals surface area contributed by atoms with E-state index in [1.807, 2.05) is 19.1 Å². The van der Waals surface area contributed by atoms with Gasteiger partial charge in [0.2, 0.25) is 5.91 Å². The van der Waals surface area contributed by atoms with Crippen LogP contribution in [0.2, 0.25) is 0 Å². The van der Waals surface area contributed by atoms with Crippen LogP contribution in [0.5, 0.6) is 0 Å². The van der Waals surface area contributed by atoms with E-state index in [0.717, 1.165) is 32.5 Å². The maximum absolute atomic E-state index is 11.9. The number of nitrogens with two attached hydrogens (primary N) is 1. The van der Waals surface area contributed by atoms with Gasteiger partial charge in [0.25, 0.3) is 0 Å². The van der Waals surface area contributed by atoms with Gasteiger partial charge >= 0.3 is 0 Å². The summed E-state index contributed by atoms with van der Waals surface area (Å²) in [6, 6.07) is 7.87. The number of benzene rings is 1. The van der Waals surface area contributed by atoms with E-state index in [-0.39, 0.29) is 5.91 Å². The normalized spacial score (nSPS) is 12.4. The Labute approximate surface area is 128 Å². The lowest BCUT2D eigenvalue weighted by Gasteiger charge is -2.20. The quantitative estimate of drug-likeness (QED) is 0.734. The van der Waals surface area contributed by atoms with Crippen LogP contribution >= 0.6 is 0 Å². The second-order valence-electron chi connectivity index (χ2n) is 5.34. The van der Waals surface area contributed by atoms with Gasteiger partial charge in [0, 0.05) is 13.1 Å². The molecule has 0 heterocycles. The zero-order valence-electron chi connectivity index (χ0n) is 13.6. The molecule has 4 heteroatoms. The van der Waals surface area contributed by atoms with Crippen LogP contribution in [0.25, 0.3) is 0 Å². The van der Waals surface area contributed by atoms with Crippen molar-refractivity contribution in [2.45, 2.75) is 52.7 Å². The Morgan fingerprint density at radius 3 is 2.38 bits per heavy atom. The molecule has 1 aromatic rings. The molecule has 0 aliphatic rings. The van der Waals surface area contributed by atoms with Crippen molar-refractivity contribution in [3.63, 3.8) is 0 Å². The summed E-state index contributed by atoms with van der Waals surface area (Å²) in [5.74, 6) is -0.0607. The van der Waals surface area contributed by atoms with Crippen molar-refractivity contribution < 1.29 is 4.79 Å². The number of hydrogen-bond donors (Lipinski definition) is 2. The highest BCUT2D eigenvalue weighted by atomic mass is 16.2. The van der Waals surface area contributed by atoms with E-state index in [1.165, 1.54) is 11.1 Å². The minimum absolute atomic E-state index is 0.0607. The molecule has 1 atom stereocenters. The molecule has 0 aliphatic heterocycles. The topological polar surface area (TPSA) is 58.4 Å². The molecular formula is C17H29N3O. The third-order valence-corrected chi connectivity index (χ3v) is 3.80. The van der Waals surface area contributed by atoms with Gasteiger partial charge in [-0.15, -0.1) is 0 Å². The van der Waals surface area contributed by atoms with Gasteiger partial charge in [0.1, 0.15) is 0 Å². The van der Waals surface area contributed by atoms with Gasteiger partial charge < -0.3 is 11.1 Å². The molecule has 0 spiro atoms. The smallest absolute Gasteiger partial charge is 0.237 e. The summed E-state index contributed by atoms with van der Waals surface area (Å²) in [7, 11) is 0. The van der Waals surface area contributed by atoms with Crippen molar-refractivity contribution in [3.8, 4) is 0 Å². The van der Waals surface area contributed by atoms with E-state index >= 15 is 0 Å². The van der Waals surface area contributed by atoms with Crippen LogP contribution in [0, 0.1) is 0 Å². The van der Waals surface area contributed by atoms with Crippen LogP contribution in [0.15, 0.2) is 24.3 Å². The monoisotopic (exact) mass is 291 g/mol. The highest BCUT2D eigenvalue weighted by Crippen LogP contribution is 2.11. The van der Waals surface area contributed by atoms with Gasteiger partial charge in [-0.2, -0.15) is 0 Å². The lowest BCUT2D eigenvalue weighted by atomic mass is 10.1. The molecule has 0 saturated carbocycles. The Hall–Kier alpha value is -1.39. The van der Waals surface area contributed by atoms with Crippen molar-refractivity contribution in [2.24, 2.45) is 5.73 Å². The van der Waals surface area contributed by atoms with E-state index in [0.29, 0.717) is 6.54 Å². The zero-order chi connectivity index (χ0) is 15.7. The van der Waals surface area contributed by atoms with Gasteiger partial charge in [0.15, 0.2) is 0 Å². The highest BCUT2D eigenvalue weighted by Gasteiger charge is 2.12. The molecule has 118 valence electrons. The highest BCUT2D eigenvalue weighted by molar-refractivity contribution is 5.81. The number of nitrogens with zero attached hydrogens (tertiary/aromatic N) is 1. The largest absolute Gasteiger partial charge is 0.351 e. The van der Waals surface area contributed by atoms with Crippen LogP contribution in [-0.2, 0) is 17.9 Å². The fourth-order valence-electron chi connectivity index (χ4n) is 2.33. The molecule has 4 nitrogen and oxygen atoms in total. The minimum atomic E-state index is -0.398. The third kappa shape index (κ3) is 5.86. The first-order valence-electron chi connectivity index (χ1n) is 7.94. The molecule has 0 unspecified atom stereocenters. The van der Waals surface area contributed by atoms with Crippen molar-refractivity contribution in [1.82, 2.24) is 10.2 Å². The first kappa shape index (κ1) is 17.7. The second-order valence-corrected chi connectivity index (χ2v) is 5.34. The minimum Gasteiger partial charge on any atom is -0.351 e. The first-order chi connectivity index (χ1) is 10.1. The Morgan fingerprint density at radius 2 is 1.81 bits per heavy atom. The molecule has 1 amide bonds. The van der Waals surface area contributed by atoms with Gasteiger partial charge in [-0.05, 0) is 30.6 Å². The maximum atomic E-state index is 11.9. The zero-order valence-corrected chi connectivity index (χ0v) is 13.6. The van der Waals surface area contributed by atoms with E-state index in [1.54, 1.807) is 0 Å². The molecule has 0 radical (unpaired) electrons. The molecular weight excluding hydrogens is 262 g/mol. The van der Waals surface area contributed by atoms with Gasteiger partial charge in [-0.1, -0.05) is 51.5 Å². The lowest BCUT2D eigenvalue weighted by molar-refractivity contribution is -0.122. The summed E-state index contributed by atoms with van der Waals surface area (Å²) in [4.78, 5) is 14.3. The average Bonchev–Trinajstić information content (AvgIpc) is 2.51. The van der Waals surface area contributed by atoms with Crippen molar-refractivity contribution >= 4 is 5.91 Å². The standard InChI is InChI=1S/C17H29N3O/c1-4-9-16(18)17(21)19-12-14-10-7-8-11-15(14)13-20(5-2)6-3/h7-8,10-11,16H,4-6,9,12-13,18H2,1-3H3,(H,19,21)/t16-/m0/s1. The molecule has 0 aliphatic carbocycles. The lowest BCUT2D eigenvalue weighted by Crippen LogP contribution is -2.40. The molecule has 3 N–H and O–H groups in total. The molecule has 0 aromatic heterocycles. The van der Waals surface area contributed by atoms with Crippen molar-refractivity contribution in [3.05, 3.63) is 35.4 Å². The maximum Gasteiger partial charge on any atom is 0.237 e. The third-order valence-electron chi connectivity index (χ3n) is 3.80. The predicted molar refractivity (Wildman–Crippen MR) is 87.8 cm³/mol. The van der Waals surface area contributed by atoms with E-state index < -0.39 is 6.04 Å². The Kier molecular flexibility index (Phi) is 8.01. The number of carbonyl (C=O) groups is 1. The van der Waals surface area contributed by atoms with Gasteiger partial charge in [-0.25, -0.2) is 0 Å². The molecule has 0 fully saturated rings. The average molecular weight is 291 g/mol. The second kappa shape index (κ2) is 9.53. The number of rotatable bonds is 9. The SMILES string of the molecule is CCC[C@H](N)C(=O)NCc1ccccc1CN(CC)CC. The van der Waals surface area contributed by atoms with E-state index in [4.69, 9.17) is 5.73 Å². The fraction of sp³-hybridized carbons (Fsp3) is 0.588. The number of carbonyl (C=O) groups excluding carboxylic acids is 1.